The maximum atomic E-state index is 6.88. The number of rotatable bonds is 5. The van der Waals surface area contributed by atoms with Gasteiger partial charge in [-0.1, -0.05) is 127 Å². The lowest BCUT2D eigenvalue weighted by atomic mass is 10.0. The van der Waals surface area contributed by atoms with Gasteiger partial charge in [0.15, 0.2) is 12.0 Å². The summed E-state index contributed by atoms with van der Waals surface area (Å²) >= 11 is 1.87. The summed E-state index contributed by atoms with van der Waals surface area (Å²) in [5, 5.41) is 11.1. The minimum Gasteiger partial charge on any atom is -0.464 e. The molecular weight excluding hydrogens is 617 g/mol. The van der Waals surface area contributed by atoms with Crippen molar-refractivity contribution in [2.24, 2.45) is 0 Å². The van der Waals surface area contributed by atoms with Crippen molar-refractivity contribution in [2.45, 2.75) is 6.23 Å². The van der Waals surface area contributed by atoms with Gasteiger partial charge in [0.25, 0.3) is 0 Å². The smallest absolute Gasteiger partial charge is 0.198 e. The molecule has 8 aromatic carbocycles. The third-order valence-corrected chi connectivity index (χ3v) is 10.9. The topological polar surface area (TPSA) is 24.5 Å². The van der Waals surface area contributed by atoms with Crippen LogP contribution in [0.1, 0.15) is 11.8 Å². The standard InChI is InChI=1S/C45H30N2OS/c1-2-12-32(13-3-1)47(33-26-23-30(24-27-33)35-17-10-18-37-36-15-7-9-20-41(36)49-44(35)37)40-19-8-6-16-38(40)45-46-39-28-25-31-22-21-29-11-4-5-14-34(29)42(31)43(39)48-45/h1-28,45-46H. The van der Waals surface area contributed by atoms with Gasteiger partial charge in [0.1, 0.15) is 0 Å². The quantitative estimate of drug-likeness (QED) is 0.188. The summed E-state index contributed by atoms with van der Waals surface area (Å²) in [7, 11) is 0. The summed E-state index contributed by atoms with van der Waals surface area (Å²) in [6, 6.07) is 60.7. The summed E-state index contributed by atoms with van der Waals surface area (Å²) in [5.74, 6) is 0.903. The molecule has 0 saturated carbocycles. The Kier molecular flexibility index (Phi) is 6.42. The molecule has 0 radical (unpaired) electrons. The van der Waals surface area contributed by atoms with Crippen LogP contribution in [0.15, 0.2) is 170 Å². The van der Waals surface area contributed by atoms with E-state index in [1.54, 1.807) is 0 Å². The van der Waals surface area contributed by atoms with E-state index in [9.17, 15) is 0 Å². The average Bonchev–Trinajstić information content (AvgIpc) is 3.78. The van der Waals surface area contributed by atoms with Gasteiger partial charge in [0, 0.05) is 42.5 Å². The second-order valence-electron chi connectivity index (χ2n) is 12.5. The first-order valence-corrected chi connectivity index (χ1v) is 17.4. The van der Waals surface area contributed by atoms with Crippen LogP contribution in [0.25, 0.3) is 52.8 Å². The third kappa shape index (κ3) is 4.56. The molecule has 9 aromatic rings. The molecule has 1 aliphatic rings. The molecule has 1 unspecified atom stereocenters. The van der Waals surface area contributed by atoms with Crippen molar-refractivity contribution in [3.05, 3.63) is 175 Å². The van der Waals surface area contributed by atoms with E-state index >= 15 is 0 Å². The highest BCUT2D eigenvalue weighted by atomic mass is 32.1. The van der Waals surface area contributed by atoms with E-state index in [1.165, 1.54) is 47.5 Å². The van der Waals surface area contributed by atoms with Crippen molar-refractivity contribution >= 4 is 75.8 Å². The SMILES string of the molecule is c1ccc(N(c2ccc(-c3cccc4c3sc3ccccc34)cc2)c2ccccc2C2Nc3ccc4ccc5ccccc5c4c3O2)cc1. The Hall–Kier alpha value is -6.10. The molecule has 3 nitrogen and oxygen atoms in total. The average molecular weight is 647 g/mol. The highest BCUT2D eigenvalue weighted by Crippen LogP contribution is 2.48. The van der Waals surface area contributed by atoms with Gasteiger partial charge in [-0.05, 0) is 69.8 Å². The number of ether oxygens (including phenoxy) is 1. The Morgan fingerprint density at radius 1 is 0.531 bits per heavy atom. The summed E-state index contributed by atoms with van der Waals surface area (Å²) in [5.41, 5.74) is 7.77. The number of hydrogen-bond acceptors (Lipinski definition) is 4. The highest BCUT2D eigenvalue weighted by Gasteiger charge is 2.30. The Labute approximate surface area is 288 Å². The number of para-hydroxylation sites is 2. The van der Waals surface area contributed by atoms with Crippen molar-refractivity contribution in [2.75, 3.05) is 10.2 Å². The molecule has 49 heavy (non-hydrogen) atoms. The van der Waals surface area contributed by atoms with Gasteiger partial charge in [-0.3, -0.25) is 0 Å². The van der Waals surface area contributed by atoms with Gasteiger partial charge in [-0.15, -0.1) is 11.3 Å². The van der Waals surface area contributed by atoms with E-state index in [4.69, 9.17) is 4.74 Å². The number of fused-ring (bicyclic) bond motifs is 8. The molecule has 2 heterocycles. The van der Waals surface area contributed by atoms with Gasteiger partial charge in [0.2, 0.25) is 0 Å². The first kappa shape index (κ1) is 28.0. The maximum Gasteiger partial charge on any atom is 0.198 e. The lowest BCUT2D eigenvalue weighted by Gasteiger charge is -2.29. The lowest BCUT2D eigenvalue weighted by Crippen LogP contribution is -2.17. The van der Waals surface area contributed by atoms with Gasteiger partial charge >= 0.3 is 0 Å². The van der Waals surface area contributed by atoms with Crippen molar-refractivity contribution in [1.82, 2.24) is 0 Å². The van der Waals surface area contributed by atoms with E-state index in [0.29, 0.717) is 0 Å². The molecule has 10 rings (SSSR count). The summed E-state index contributed by atoms with van der Waals surface area (Å²) in [4.78, 5) is 2.33. The Morgan fingerprint density at radius 2 is 1.22 bits per heavy atom. The van der Waals surface area contributed by atoms with Crippen LogP contribution in [0, 0.1) is 0 Å². The number of nitrogens with one attached hydrogen (secondary N) is 1. The molecule has 1 N–H and O–H groups in total. The molecule has 232 valence electrons. The molecule has 0 saturated heterocycles. The summed E-state index contributed by atoms with van der Waals surface area (Å²) in [6.45, 7) is 0. The van der Waals surface area contributed by atoms with Gasteiger partial charge in [-0.2, -0.15) is 0 Å². The number of anilines is 4. The molecule has 1 aromatic heterocycles. The first-order valence-electron chi connectivity index (χ1n) is 16.6. The number of hydrogen-bond donors (Lipinski definition) is 1. The zero-order valence-electron chi connectivity index (χ0n) is 26.5. The van der Waals surface area contributed by atoms with E-state index in [1.807, 2.05) is 11.3 Å². The van der Waals surface area contributed by atoms with E-state index < -0.39 is 0 Å². The molecule has 4 heteroatoms. The van der Waals surface area contributed by atoms with Crippen LogP contribution in [-0.2, 0) is 0 Å². The predicted molar refractivity (Wildman–Crippen MR) is 208 cm³/mol. The zero-order chi connectivity index (χ0) is 32.3. The summed E-state index contributed by atoms with van der Waals surface area (Å²) < 4.78 is 9.53. The molecule has 1 atom stereocenters. The first-order chi connectivity index (χ1) is 24.3. The second kappa shape index (κ2) is 11.3. The molecule has 0 fully saturated rings. The van der Waals surface area contributed by atoms with Gasteiger partial charge in [0.05, 0.1) is 11.4 Å². The fourth-order valence-corrected chi connectivity index (χ4v) is 8.65. The Morgan fingerprint density at radius 3 is 2.12 bits per heavy atom. The van der Waals surface area contributed by atoms with Crippen molar-refractivity contribution in [3.63, 3.8) is 0 Å². The van der Waals surface area contributed by atoms with Crippen LogP contribution in [0.4, 0.5) is 22.7 Å². The minimum absolute atomic E-state index is 0.355. The van der Waals surface area contributed by atoms with Gasteiger partial charge < -0.3 is 15.0 Å². The zero-order valence-corrected chi connectivity index (χ0v) is 27.3. The van der Waals surface area contributed by atoms with E-state index in [-0.39, 0.29) is 6.23 Å². The highest BCUT2D eigenvalue weighted by molar-refractivity contribution is 7.26. The third-order valence-electron chi connectivity index (χ3n) is 9.70. The number of benzene rings is 8. The van der Waals surface area contributed by atoms with Crippen molar-refractivity contribution < 1.29 is 4.74 Å². The lowest BCUT2D eigenvalue weighted by molar-refractivity contribution is 0.263. The largest absolute Gasteiger partial charge is 0.464 e. The Balaban J connectivity index is 1.07. The second-order valence-corrected chi connectivity index (χ2v) is 13.6. The normalized spacial score (nSPS) is 13.8. The fourth-order valence-electron chi connectivity index (χ4n) is 7.41. The van der Waals surface area contributed by atoms with E-state index in [0.717, 1.165) is 39.4 Å². The monoisotopic (exact) mass is 646 g/mol. The summed E-state index contributed by atoms with van der Waals surface area (Å²) in [6.07, 6.45) is -0.355. The van der Waals surface area contributed by atoms with Crippen LogP contribution in [-0.4, -0.2) is 0 Å². The predicted octanol–water partition coefficient (Wildman–Crippen LogP) is 13.0. The maximum absolute atomic E-state index is 6.88. The molecule has 0 aliphatic carbocycles. The van der Waals surface area contributed by atoms with Crippen LogP contribution in [0.5, 0.6) is 5.75 Å². The molecular formula is C45H30N2OS. The molecule has 0 bridgehead atoms. The fraction of sp³-hybridized carbons (Fsp3) is 0.0222. The van der Waals surface area contributed by atoms with Gasteiger partial charge in [-0.25, -0.2) is 0 Å². The van der Waals surface area contributed by atoms with E-state index in [2.05, 4.69) is 180 Å². The number of nitrogens with zero attached hydrogens (tertiary/aromatic N) is 1. The van der Waals surface area contributed by atoms with Crippen LogP contribution in [0.3, 0.4) is 0 Å². The molecule has 1 aliphatic heterocycles. The Bertz CT molecular complexity index is 2680. The van der Waals surface area contributed by atoms with Crippen molar-refractivity contribution in [1.29, 1.82) is 0 Å². The van der Waals surface area contributed by atoms with Crippen LogP contribution >= 0.6 is 11.3 Å². The molecule has 0 spiro atoms. The van der Waals surface area contributed by atoms with Crippen LogP contribution < -0.4 is 15.0 Å². The molecule has 0 amide bonds. The number of thiophene rings is 1. The van der Waals surface area contributed by atoms with Crippen LogP contribution in [0.2, 0.25) is 0 Å². The minimum atomic E-state index is -0.355. The van der Waals surface area contributed by atoms with Crippen molar-refractivity contribution in [3.8, 4) is 16.9 Å².